The maximum Gasteiger partial charge on any atom is 0.347 e. The normalized spacial score (nSPS) is 12.8. The Balaban J connectivity index is 1.69. The van der Waals surface area contributed by atoms with E-state index in [9.17, 15) is 14.7 Å². The molecule has 6 heteroatoms. The summed E-state index contributed by atoms with van der Waals surface area (Å²) in [7, 11) is 0. The molecule has 1 aromatic heterocycles. The molecule has 1 amide bonds. The molecule has 0 aliphatic carbocycles. The quantitative estimate of drug-likeness (QED) is 0.223. The van der Waals surface area contributed by atoms with Crippen molar-refractivity contribution in [1.82, 2.24) is 9.88 Å². The third-order valence-electron chi connectivity index (χ3n) is 7.41. The molecule has 41 heavy (non-hydrogen) atoms. The van der Waals surface area contributed by atoms with Crippen molar-refractivity contribution in [2.45, 2.75) is 80.0 Å². The molecule has 6 nitrogen and oxygen atoms in total. The number of nitrogens with zero attached hydrogens (tertiary/aromatic N) is 1. The molecule has 0 saturated carbocycles. The van der Waals surface area contributed by atoms with Crippen molar-refractivity contribution in [3.63, 3.8) is 0 Å². The van der Waals surface area contributed by atoms with E-state index in [4.69, 9.17) is 4.74 Å². The Hall–Kier alpha value is -4.06. The fourth-order valence-electron chi connectivity index (χ4n) is 5.16. The number of hydrogen-bond acceptors (Lipinski definition) is 3. The highest BCUT2D eigenvalue weighted by Crippen LogP contribution is 2.33. The maximum atomic E-state index is 13.4. The van der Waals surface area contributed by atoms with Gasteiger partial charge in [0, 0.05) is 28.7 Å². The predicted octanol–water partition coefficient (Wildman–Crippen LogP) is 7.63. The van der Waals surface area contributed by atoms with Crippen LogP contribution in [0, 0.1) is 19.3 Å². The number of carboxylic acids is 1. The molecule has 0 fully saturated rings. The predicted molar refractivity (Wildman–Crippen MR) is 165 cm³/mol. The lowest BCUT2D eigenvalue weighted by Gasteiger charge is -2.22. The Kier molecular flexibility index (Phi) is 8.34. The minimum atomic E-state index is -1.33. The van der Waals surface area contributed by atoms with Crippen molar-refractivity contribution < 1.29 is 19.4 Å². The molecular formula is C35H42N2O4. The van der Waals surface area contributed by atoms with E-state index >= 15 is 0 Å². The fourth-order valence-corrected chi connectivity index (χ4v) is 5.16. The minimum Gasteiger partial charge on any atom is -0.478 e. The molecule has 0 aliphatic heterocycles. The smallest absolute Gasteiger partial charge is 0.347 e. The lowest BCUT2D eigenvalue weighted by atomic mass is 9.96. The van der Waals surface area contributed by atoms with Gasteiger partial charge < -0.3 is 19.7 Å². The Morgan fingerprint density at radius 2 is 1.66 bits per heavy atom. The molecule has 3 aromatic carbocycles. The number of hydrogen-bond donors (Lipinski definition) is 2. The Bertz CT molecular complexity index is 1590. The molecule has 0 unspecified atom stereocenters. The third kappa shape index (κ3) is 6.99. The second-order valence-corrected chi connectivity index (χ2v) is 12.8. The van der Waals surface area contributed by atoms with Gasteiger partial charge in [0.25, 0.3) is 5.91 Å². The van der Waals surface area contributed by atoms with Gasteiger partial charge in [0.15, 0.2) is 5.60 Å². The highest BCUT2D eigenvalue weighted by Gasteiger charge is 2.29. The SMILES string of the molecule is Cc1cccc([C@H](C)NC(=O)c2ccc3c(Cc4cccc(OC(C)(C)C(=O)O)c4)c(C)n(CC(C)(C)C)c3c2)c1. The van der Waals surface area contributed by atoms with Gasteiger partial charge in [-0.05, 0) is 87.4 Å². The standard InChI is InChI=1S/C35H42N2O4/c1-22-11-9-13-26(17-22)23(2)36-32(38)27-15-16-29-30(24(3)37(31(29)20-27)21-34(4,5)6)19-25-12-10-14-28(18-25)41-35(7,8)33(39)40/h9-18,20,23H,19,21H2,1-8H3,(H,36,38)(H,39,40)/t23-/m0/s1. The fraction of sp³-hybridized carbons (Fsp3) is 0.371. The topological polar surface area (TPSA) is 80.6 Å². The van der Waals surface area contributed by atoms with Crippen molar-refractivity contribution in [3.05, 3.63) is 100 Å². The van der Waals surface area contributed by atoms with E-state index in [1.807, 2.05) is 49.4 Å². The van der Waals surface area contributed by atoms with Crippen molar-refractivity contribution >= 4 is 22.8 Å². The summed E-state index contributed by atoms with van der Waals surface area (Å²) < 4.78 is 8.11. The Labute approximate surface area is 243 Å². The average molecular weight is 555 g/mol. The van der Waals surface area contributed by atoms with Crippen LogP contribution >= 0.6 is 0 Å². The van der Waals surface area contributed by atoms with Crippen LogP contribution in [0.2, 0.25) is 0 Å². The number of aromatic nitrogens is 1. The third-order valence-corrected chi connectivity index (χ3v) is 7.41. The van der Waals surface area contributed by atoms with E-state index in [0.29, 0.717) is 17.7 Å². The molecule has 2 N–H and O–H groups in total. The van der Waals surface area contributed by atoms with Gasteiger partial charge in [-0.25, -0.2) is 4.79 Å². The van der Waals surface area contributed by atoms with E-state index in [1.165, 1.54) is 5.56 Å². The maximum absolute atomic E-state index is 13.4. The van der Waals surface area contributed by atoms with Gasteiger partial charge in [0.1, 0.15) is 5.75 Å². The van der Waals surface area contributed by atoms with E-state index in [1.54, 1.807) is 19.9 Å². The van der Waals surface area contributed by atoms with Gasteiger partial charge in [0.2, 0.25) is 0 Å². The van der Waals surface area contributed by atoms with Crippen LogP contribution in [0.25, 0.3) is 10.9 Å². The number of ether oxygens (including phenoxy) is 1. The minimum absolute atomic E-state index is 0.0299. The summed E-state index contributed by atoms with van der Waals surface area (Å²) in [6.45, 7) is 16.7. The number of aliphatic carboxylic acids is 1. The number of amides is 1. The zero-order valence-electron chi connectivity index (χ0n) is 25.5. The molecule has 216 valence electrons. The van der Waals surface area contributed by atoms with Crippen molar-refractivity contribution in [3.8, 4) is 5.75 Å². The number of carbonyl (C=O) groups is 2. The number of aryl methyl sites for hydroxylation is 1. The van der Waals surface area contributed by atoms with Crippen molar-refractivity contribution in [2.24, 2.45) is 5.41 Å². The number of nitrogens with one attached hydrogen (secondary N) is 1. The van der Waals surface area contributed by atoms with Gasteiger partial charge >= 0.3 is 5.97 Å². The molecule has 0 radical (unpaired) electrons. The van der Waals surface area contributed by atoms with Crippen LogP contribution in [-0.2, 0) is 17.8 Å². The lowest BCUT2D eigenvalue weighted by molar-refractivity contribution is -0.152. The summed E-state index contributed by atoms with van der Waals surface area (Å²) >= 11 is 0. The van der Waals surface area contributed by atoms with E-state index in [2.05, 4.69) is 62.7 Å². The summed E-state index contributed by atoms with van der Waals surface area (Å²) in [5.41, 5.74) is 5.95. The first kappa shape index (κ1) is 29.9. The van der Waals surface area contributed by atoms with E-state index in [-0.39, 0.29) is 17.4 Å². The van der Waals surface area contributed by atoms with Gasteiger partial charge in [0.05, 0.1) is 6.04 Å². The van der Waals surface area contributed by atoms with E-state index < -0.39 is 11.6 Å². The summed E-state index contributed by atoms with van der Waals surface area (Å²) in [5, 5.41) is 13.7. The van der Waals surface area contributed by atoms with Gasteiger partial charge in [-0.1, -0.05) is 68.8 Å². The number of fused-ring (bicyclic) bond motifs is 1. The van der Waals surface area contributed by atoms with Crippen LogP contribution in [0.5, 0.6) is 5.75 Å². The van der Waals surface area contributed by atoms with Gasteiger partial charge in [-0.3, -0.25) is 4.79 Å². The largest absolute Gasteiger partial charge is 0.478 e. The number of benzene rings is 3. The highest BCUT2D eigenvalue weighted by atomic mass is 16.5. The molecule has 0 spiro atoms. The second kappa shape index (κ2) is 11.4. The first-order valence-corrected chi connectivity index (χ1v) is 14.1. The molecule has 1 atom stereocenters. The van der Waals surface area contributed by atoms with Crippen LogP contribution < -0.4 is 10.1 Å². The van der Waals surface area contributed by atoms with Crippen molar-refractivity contribution in [1.29, 1.82) is 0 Å². The first-order valence-electron chi connectivity index (χ1n) is 14.1. The highest BCUT2D eigenvalue weighted by molar-refractivity contribution is 5.99. The van der Waals surface area contributed by atoms with Gasteiger partial charge in [-0.15, -0.1) is 0 Å². The van der Waals surface area contributed by atoms with Crippen LogP contribution in [0.1, 0.15) is 85.9 Å². The summed E-state index contributed by atoms with van der Waals surface area (Å²) in [5.74, 6) is -0.598. The molecule has 0 bridgehead atoms. The lowest BCUT2D eigenvalue weighted by Crippen LogP contribution is -2.37. The zero-order valence-corrected chi connectivity index (χ0v) is 25.5. The zero-order chi connectivity index (χ0) is 30.1. The van der Waals surface area contributed by atoms with Crippen LogP contribution in [0.15, 0.2) is 66.7 Å². The second-order valence-electron chi connectivity index (χ2n) is 12.8. The monoisotopic (exact) mass is 554 g/mol. The molecule has 0 aliphatic rings. The number of carbonyl (C=O) groups excluding carboxylic acids is 1. The summed E-state index contributed by atoms with van der Waals surface area (Å²) in [4.78, 5) is 24.9. The Morgan fingerprint density at radius 3 is 2.32 bits per heavy atom. The van der Waals surface area contributed by atoms with Crippen molar-refractivity contribution in [2.75, 3.05) is 0 Å². The first-order chi connectivity index (χ1) is 19.1. The number of carboxylic acid groups (broad SMARTS) is 1. The molecule has 4 aromatic rings. The van der Waals surface area contributed by atoms with Crippen LogP contribution in [-0.4, -0.2) is 27.2 Å². The Morgan fingerprint density at radius 1 is 0.951 bits per heavy atom. The van der Waals surface area contributed by atoms with Crippen LogP contribution in [0.3, 0.4) is 0 Å². The van der Waals surface area contributed by atoms with Gasteiger partial charge in [-0.2, -0.15) is 0 Å². The molecule has 4 rings (SSSR count). The average Bonchev–Trinajstić information content (AvgIpc) is 3.12. The van der Waals surface area contributed by atoms with E-state index in [0.717, 1.165) is 39.8 Å². The molecule has 0 saturated heterocycles. The van der Waals surface area contributed by atoms with Crippen LogP contribution in [0.4, 0.5) is 0 Å². The molecular weight excluding hydrogens is 512 g/mol. The summed E-state index contributed by atoms with van der Waals surface area (Å²) in [6.07, 6.45) is 0.653. The number of rotatable bonds is 9. The summed E-state index contributed by atoms with van der Waals surface area (Å²) in [6, 6.07) is 21.7. The molecule has 1 heterocycles.